The molecule has 7 heteroatoms. The zero-order chi connectivity index (χ0) is 14.8. The van der Waals surface area contributed by atoms with E-state index in [-0.39, 0.29) is 5.03 Å². The molecule has 0 aromatic carbocycles. The minimum Gasteiger partial charge on any atom is -0.313 e. The summed E-state index contributed by atoms with van der Waals surface area (Å²) in [5, 5.41) is 10.0. The zero-order valence-corrected chi connectivity index (χ0v) is 13.2. The van der Waals surface area contributed by atoms with Gasteiger partial charge in [-0.25, -0.2) is 8.42 Å². The number of hydrogen-bond acceptors (Lipinski definition) is 4. The molecule has 0 bridgehead atoms. The van der Waals surface area contributed by atoms with E-state index in [2.05, 4.69) is 36.3 Å². The van der Waals surface area contributed by atoms with E-state index >= 15 is 0 Å². The van der Waals surface area contributed by atoms with Crippen molar-refractivity contribution in [3.8, 4) is 0 Å². The molecular weight excluding hydrogens is 276 g/mol. The van der Waals surface area contributed by atoms with Crippen LogP contribution in [0.1, 0.15) is 32.8 Å². The Morgan fingerprint density at radius 3 is 2.65 bits per heavy atom. The summed E-state index contributed by atoms with van der Waals surface area (Å²) in [5.74, 6) is 0.795. The van der Waals surface area contributed by atoms with Crippen molar-refractivity contribution in [3.05, 3.63) is 11.8 Å². The van der Waals surface area contributed by atoms with E-state index in [1.54, 1.807) is 10.5 Å². The highest BCUT2D eigenvalue weighted by Gasteiger charge is 2.36. The second-order valence-corrected chi connectivity index (χ2v) is 7.55. The van der Waals surface area contributed by atoms with Crippen molar-refractivity contribution in [3.63, 3.8) is 0 Å². The van der Waals surface area contributed by atoms with Crippen molar-refractivity contribution < 1.29 is 8.42 Å². The highest BCUT2D eigenvalue weighted by Crippen LogP contribution is 2.28. The van der Waals surface area contributed by atoms with E-state index in [1.165, 1.54) is 0 Å². The molecule has 0 spiro atoms. The smallest absolute Gasteiger partial charge is 0.260 e. The number of hydrogen-bond donors (Lipinski definition) is 2. The second kappa shape index (κ2) is 6.24. The van der Waals surface area contributed by atoms with Gasteiger partial charge in [-0.3, -0.25) is 5.10 Å². The van der Waals surface area contributed by atoms with Gasteiger partial charge in [-0.05, 0) is 24.8 Å². The molecule has 2 atom stereocenters. The number of nitrogens with zero attached hydrogens (tertiary/aromatic N) is 2. The first-order chi connectivity index (χ1) is 9.46. The van der Waals surface area contributed by atoms with Crippen LogP contribution in [0.3, 0.4) is 0 Å². The lowest BCUT2D eigenvalue weighted by atomic mass is 10.0. The number of H-pyrrole nitrogens is 1. The van der Waals surface area contributed by atoms with Crippen LogP contribution in [0.15, 0.2) is 11.2 Å². The van der Waals surface area contributed by atoms with Gasteiger partial charge in [0.2, 0.25) is 0 Å². The molecule has 114 valence electrons. The quantitative estimate of drug-likeness (QED) is 0.774. The highest BCUT2D eigenvalue weighted by atomic mass is 32.2. The molecule has 2 N–H and O–H groups in total. The molecule has 1 aromatic rings. The average Bonchev–Trinajstić information content (AvgIpc) is 2.98. The van der Waals surface area contributed by atoms with Crippen LogP contribution in [0.2, 0.25) is 0 Å². The lowest BCUT2D eigenvalue weighted by Gasteiger charge is -2.16. The zero-order valence-electron chi connectivity index (χ0n) is 12.4. The maximum absolute atomic E-state index is 12.7. The van der Waals surface area contributed by atoms with E-state index in [0.717, 1.165) is 13.0 Å². The molecule has 1 aliphatic heterocycles. The molecule has 20 heavy (non-hydrogen) atoms. The van der Waals surface area contributed by atoms with Gasteiger partial charge >= 0.3 is 0 Å². The summed E-state index contributed by atoms with van der Waals surface area (Å²) in [4.78, 5) is 0. The Balaban J connectivity index is 2.16. The lowest BCUT2D eigenvalue weighted by molar-refractivity contribution is 0.459. The van der Waals surface area contributed by atoms with Crippen LogP contribution in [0.5, 0.6) is 0 Å². The second-order valence-electron chi connectivity index (χ2n) is 5.68. The van der Waals surface area contributed by atoms with E-state index in [0.29, 0.717) is 37.0 Å². The molecule has 1 aliphatic rings. The first kappa shape index (κ1) is 15.5. The third kappa shape index (κ3) is 3.05. The average molecular weight is 300 g/mol. The molecule has 0 aliphatic carbocycles. The predicted molar refractivity (Wildman–Crippen MR) is 77.7 cm³/mol. The van der Waals surface area contributed by atoms with Gasteiger partial charge in [-0.1, -0.05) is 20.8 Å². The maximum Gasteiger partial charge on any atom is 0.260 e. The normalized spacial score (nSPS) is 24.4. The van der Waals surface area contributed by atoms with Gasteiger partial charge in [0.1, 0.15) is 0 Å². The van der Waals surface area contributed by atoms with Gasteiger partial charge in [0.25, 0.3) is 10.0 Å². The molecule has 6 nitrogen and oxygen atoms in total. The van der Waals surface area contributed by atoms with Crippen LogP contribution >= 0.6 is 0 Å². The van der Waals surface area contributed by atoms with Crippen LogP contribution in [0.4, 0.5) is 0 Å². The minimum atomic E-state index is -3.45. The third-order valence-electron chi connectivity index (χ3n) is 3.97. The molecule has 2 unspecified atom stereocenters. The SMILES string of the molecule is CCCNCc1cn[nH]c1S(=O)(=O)N1CC(C)C(C)C1. The van der Waals surface area contributed by atoms with Gasteiger partial charge in [-0.2, -0.15) is 9.40 Å². The van der Waals surface area contributed by atoms with Crippen molar-refractivity contribution in [2.24, 2.45) is 11.8 Å². The summed E-state index contributed by atoms with van der Waals surface area (Å²) in [7, 11) is -3.45. The summed E-state index contributed by atoms with van der Waals surface area (Å²) in [5.41, 5.74) is 0.714. The van der Waals surface area contributed by atoms with Crippen LogP contribution < -0.4 is 5.32 Å². The van der Waals surface area contributed by atoms with Gasteiger partial charge in [-0.15, -0.1) is 0 Å². The number of aromatic amines is 1. The minimum absolute atomic E-state index is 0.238. The molecule has 0 radical (unpaired) electrons. The Labute approximate surface area is 121 Å². The molecule has 1 aromatic heterocycles. The van der Waals surface area contributed by atoms with Crippen LogP contribution in [0.25, 0.3) is 0 Å². The standard InChI is InChI=1S/C13H24N4O2S/c1-4-5-14-6-12-7-15-16-13(12)20(18,19)17-8-10(2)11(3)9-17/h7,10-11,14H,4-6,8-9H2,1-3H3,(H,15,16). The van der Waals surface area contributed by atoms with Gasteiger partial charge < -0.3 is 5.32 Å². The number of sulfonamides is 1. The Morgan fingerprint density at radius 2 is 2.05 bits per heavy atom. The summed E-state index contributed by atoms with van der Waals surface area (Å²) in [6.07, 6.45) is 2.61. The monoisotopic (exact) mass is 300 g/mol. The topological polar surface area (TPSA) is 78.1 Å². The van der Waals surface area contributed by atoms with Crippen molar-refractivity contribution in [1.29, 1.82) is 0 Å². The van der Waals surface area contributed by atoms with Crippen LogP contribution in [0, 0.1) is 11.8 Å². The Morgan fingerprint density at radius 1 is 1.40 bits per heavy atom. The molecule has 0 saturated carbocycles. The molecule has 2 rings (SSSR count). The number of rotatable bonds is 6. The lowest BCUT2D eigenvalue weighted by Crippen LogP contribution is -2.30. The van der Waals surface area contributed by atoms with Crippen LogP contribution in [-0.2, 0) is 16.6 Å². The largest absolute Gasteiger partial charge is 0.313 e. The summed E-state index contributed by atoms with van der Waals surface area (Å²) < 4.78 is 26.9. The van der Waals surface area contributed by atoms with Crippen molar-refractivity contribution >= 4 is 10.0 Å². The van der Waals surface area contributed by atoms with Gasteiger partial charge in [0.15, 0.2) is 5.03 Å². The predicted octanol–water partition coefficient (Wildman–Crippen LogP) is 1.19. The molecule has 1 fully saturated rings. The van der Waals surface area contributed by atoms with E-state index in [9.17, 15) is 8.42 Å². The molecule has 2 heterocycles. The highest BCUT2D eigenvalue weighted by molar-refractivity contribution is 7.89. The van der Waals surface area contributed by atoms with Crippen LogP contribution in [-0.4, -0.2) is 42.6 Å². The van der Waals surface area contributed by atoms with Crippen molar-refractivity contribution in [2.45, 2.75) is 38.8 Å². The first-order valence-electron chi connectivity index (χ1n) is 7.20. The van der Waals surface area contributed by atoms with Crippen molar-refractivity contribution in [2.75, 3.05) is 19.6 Å². The number of nitrogens with one attached hydrogen (secondary N) is 2. The molecule has 0 amide bonds. The molecule has 1 saturated heterocycles. The summed E-state index contributed by atoms with van der Waals surface area (Å²) in [6, 6.07) is 0. The third-order valence-corrected chi connectivity index (χ3v) is 5.82. The maximum atomic E-state index is 12.7. The Bertz CT molecular complexity index is 530. The van der Waals surface area contributed by atoms with E-state index in [1.807, 2.05) is 0 Å². The fourth-order valence-electron chi connectivity index (χ4n) is 2.45. The van der Waals surface area contributed by atoms with Gasteiger partial charge in [0.05, 0.1) is 6.20 Å². The van der Waals surface area contributed by atoms with E-state index in [4.69, 9.17) is 0 Å². The first-order valence-corrected chi connectivity index (χ1v) is 8.64. The van der Waals surface area contributed by atoms with E-state index < -0.39 is 10.0 Å². The van der Waals surface area contributed by atoms with Gasteiger partial charge in [0, 0.05) is 25.2 Å². The fraction of sp³-hybridized carbons (Fsp3) is 0.769. The molecular formula is C13H24N4O2S. The fourth-order valence-corrected chi connectivity index (χ4v) is 4.20. The number of aromatic nitrogens is 2. The van der Waals surface area contributed by atoms with Crippen molar-refractivity contribution in [1.82, 2.24) is 19.8 Å². The summed E-state index contributed by atoms with van der Waals surface area (Å²) in [6.45, 7) is 8.83. The summed E-state index contributed by atoms with van der Waals surface area (Å²) >= 11 is 0. The Kier molecular flexibility index (Phi) is 4.82. The Hall–Kier alpha value is -0.920.